The average molecular weight is 340 g/mol. The molecule has 2 heterocycles. The van der Waals surface area contributed by atoms with E-state index in [9.17, 15) is 25.5 Å². The van der Waals surface area contributed by atoms with Crippen molar-refractivity contribution in [3.05, 3.63) is 0 Å². The fourth-order valence-electron chi connectivity index (χ4n) is 2.72. The maximum atomic E-state index is 10.1. The lowest BCUT2D eigenvalue weighted by atomic mass is 9.97. The van der Waals surface area contributed by atoms with Gasteiger partial charge in [-0.2, -0.15) is 0 Å². The summed E-state index contributed by atoms with van der Waals surface area (Å²) < 4.78 is 20.9. The van der Waals surface area contributed by atoms with Crippen LogP contribution in [-0.4, -0.2) is 106 Å². The van der Waals surface area contributed by atoms with E-state index in [1.165, 1.54) is 7.11 Å². The normalized spacial score (nSPS) is 51.7. The minimum Gasteiger partial charge on any atom is -0.394 e. The topological polar surface area (TPSA) is 158 Å². The first kappa shape index (κ1) is 18.9. The number of methoxy groups -OCH3 is 1. The predicted octanol–water partition coefficient (Wildman–Crippen LogP) is -3.72. The third-order valence-corrected chi connectivity index (χ3v) is 4.15. The number of hydrogen-bond donors (Lipinski definition) is 6. The van der Waals surface area contributed by atoms with Crippen LogP contribution in [0.4, 0.5) is 0 Å². The molecule has 10 heteroatoms. The lowest BCUT2D eigenvalue weighted by Gasteiger charge is -2.45. The van der Waals surface area contributed by atoms with Crippen LogP contribution in [0.25, 0.3) is 0 Å². The fraction of sp³-hybridized carbons (Fsp3) is 1.00. The highest BCUT2D eigenvalue weighted by atomic mass is 16.7. The third kappa shape index (κ3) is 3.66. The largest absolute Gasteiger partial charge is 0.394 e. The first-order valence-corrected chi connectivity index (χ1v) is 7.32. The van der Waals surface area contributed by atoms with E-state index in [0.717, 1.165) is 0 Å². The molecule has 0 aromatic rings. The zero-order valence-corrected chi connectivity index (χ0v) is 12.8. The standard InChI is InChI=1S/C13H24O10/c1-4-11(8(17)10(19)12(20-2)21-4)23-13-9(18)7(16)6(15)5(3-14)22-13/h4-19H,3H2,1-2H3/t4-,5+,6+,7-,8-,9-,10+,11-,12+,13-/m0/s1. The summed E-state index contributed by atoms with van der Waals surface area (Å²) in [6.07, 6.45) is -12.9. The molecule has 23 heavy (non-hydrogen) atoms. The van der Waals surface area contributed by atoms with Crippen LogP contribution in [0.3, 0.4) is 0 Å². The second-order valence-corrected chi connectivity index (χ2v) is 5.72. The van der Waals surface area contributed by atoms with Crippen molar-refractivity contribution < 1.29 is 49.6 Å². The van der Waals surface area contributed by atoms with E-state index >= 15 is 0 Å². The van der Waals surface area contributed by atoms with E-state index in [0.29, 0.717) is 0 Å². The Morgan fingerprint density at radius 2 is 1.43 bits per heavy atom. The number of ether oxygens (including phenoxy) is 4. The van der Waals surface area contributed by atoms with E-state index in [1.807, 2.05) is 0 Å². The highest BCUT2D eigenvalue weighted by Crippen LogP contribution is 2.29. The Kier molecular flexibility index (Phi) is 6.30. The molecular weight excluding hydrogens is 316 g/mol. The van der Waals surface area contributed by atoms with Crippen molar-refractivity contribution in [3.8, 4) is 0 Å². The van der Waals surface area contributed by atoms with Gasteiger partial charge in [0.25, 0.3) is 0 Å². The molecule has 6 N–H and O–H groups in total. The van der Waals surface area contributed by atoms with Crippen LogP contribution < -0.4 is 0 Å². The first-order chi connectivity index (χ1) is 10.8. The van der Waals surface area contributed by atoms with Gasteiger partial charge < -0.3 is 49.6 Å². The number of rotatable bonds is 4. The van der Waals surface area contributed by atoms with Gasteiger partial charge in [0.1, 0.15) is 42.7 Å². The van der Waals surface area contributed by atoms with Crippen molar-refractivity contribution >= 4 is 0 Å². The van der Waals surface area contributed by atoms with Crippen molar-refractivity contribution in [2.45, 2.75) is 68.3 Å². The van der Waals surface area contributed by atoms with Crippen LogP contribution in [0.2, 0.25) is 0 Å². The average Bonchev–Trinajstić information content (AvgIpc) is 2.54. The first-order valence-electron chi connectivity index (χ1n) is 7.32. The summed E-state index contributed by atoms with van der Waals surface area (Å²) in [4.78, 5) is 0. The van der Waals surface area contributed by atoms with Gasteiger partial charge in [-0.3, -0.25) is 0 Å². The quantitative estimate of drug-likeness (QED) is 0.300. The molecule has 0 unspecified atom stereocenters. The van der Waals surface area contributed by atoms with E-state index in [1.54, 1.807) is 6.92 Å². The van der Waals surface area contributed by atoms with Crippen LogP contribution in [-0.2, 0) is 18.9 Å². The van der Waals surface area contributed by atoms with Crippen LogP contribution in [0.5, 0.6) is 0 Å². The second-order valence-electron chi connectivity index (χ2n) is 5.72. The summed E-state index contributed by atoms with van der Waals surface area (Å²) in [7, 11) is 1.31. The Bertz CT molecular complexity index is 380. The number of hydrogen-bond acceptors (Lipinski definition) is 10. The molecule has 2 rings (SSSR count). The van der Waals surface area contributed by atoms with Crippen LogP contribution in [0, 0.1) is 0 Å². The Morgan fingerprint density at radius 1 is 0.826 bits per heavy atom. The smallest absolute Gasteiger partial charge is 0.187 e. The highest BCUT2D eigenvalue weighted by Gasteiger charge is 2.49. The summed E-state index contributed by atoms with van der Waals surface area (Å²) >= 11 is 0. The van der Waals surface area contributed by atoms with Gasteiger partial charge in [-0.15, -0.1) is 0 Å². The monoisotopic (exact) mass is 340 g/mol. The van der Waals surface area contributed by atoms with Gasteiger partial charge in [-0.25, -0.2) is 0 Å². The lowest BCUT2D eigenvalue weighted by molar-refractivity contribution is -0.353. The molecule has 10 nitrogen and oxygen atoms in total. The number of aliphatic hydroxyl groups is 6. The molecular formula is C13H24O10. The van der Waals surface area contributed by atoms with Gasteiger partial charge in [0, 0.05) is 7.11 Å². The molecule has 0 spiro atoms. The molecule has 0 bridgehead atoms. The minimum absolute atomic E-state index is 0.599. The van der Waals surface area contributed by atoms with Crippen LogP contribution in [0.15, 0.2) is 0 Å². The molecule has 0 saturated carbocycles. The van der Waals surface area contributed by atoms with E-state index < -0.39 is 68.0 Å². The molecule has 0 aromatic heterocycles. The maximum absolute atomic E-state index is 10.1. The van der Waals surface area contributed by atoms with Gasteiger partial charge in [-0.1, -0.05) is 0 Å². The molecule has 0 amide bonds. The summed E-state index contributed by atoms with van der Waals surface area (Å²) in [5, 5.41) is 58.5. The van der Waals surface area contributed by atoms with Crippen LogP contribution >= 0.6 is 0 Å². The minimum atomic E-state index is -1.61. The molecule has 0 aliphatic carbocycles. The Hall–Kier alpha value is -0.400. The molecule has 2 aliphatic heterocycles. The third-order valence-electron chi connectivity index (χ3n) is 4.15. The lowest BCUT2D eigenvalue weighted by Crippen LogP contribution is -2.63. The predicted molar refractivity (Wildman–Crippen MR) is 72.0 cm³/mol. The Labute approximate surface area is 132 Å². The van der Waals surface area contributed by atoms with Crippen molar-refractivity contribution in [1.29, 1.82) is 0 Å². The summed E-state index contributed by atoms with van der Waals surface area (Å²) in [6, 6.07) is 0. The van der Waals surface area contributed by atoms with Gasteiger partial charge in [0.2, 0.25) is 0 Å². The van der Waals surface area contributed by atoms with Crippen LogP contribution in [0.1, 0.15) is 6.92 Å². The van der Waals surface area contributed by atoms with E-state index in [2.05, 4.69) is 0 Å². The van der Waals surface area contributed by atoms with Gasteiger partial charge >= 0.3 is 0 Å². The molecule has 0 radical (unpaired) electrons. The van der Waals surface area contributed by atoms with Crippen molar-refractivity contribution in [2.24, 2.45) is 0 Å². The fourth-order valence-corrected chi connectivity index (χ4v) is 2.72. The van der Waals surface area contributed by atoms with E-state index in [4.69, 9.17) is 24.1 Å². The maximum Gasteiger partial charge on any atom is 0.187 e. The van der Waals surface area contributed by atoms with Gasteiger partial charge in [0.15, 0.2) is 12.6 Å². The molecule has 2 fully saturated rings. The zero-order valence-electron chi connectivity index (χ0n) is 12.8. The zero-order chi connectivity index (χ0) is 17.3. The SMILES string of the molecule is CO[C@@H]1O[C@@H](C)[C@H](O[C@@H]2O[C@H](CO)[C@@H](O)[C@H](O)[C@@H]2O)[C@@H](O)[C@H]1O. The second kappa shape index (κ2) is 7.66. The molecule has 0 aromatic carbocycles. The summed E-state index contributed by atoms with van der Waals surface area (Å²) in [5.41, 5.74) is 0. The van der Waals surface area contributed by atoms with Crippen molar-refractivity contribution in [2.75, 3.05) is 13.7 Å². The highest BCUT2D eigenvalue weighted by molar-refractivity contribution is 4.93. The Morgan fingerprint density at radius 3 is 2.00 bits per heavy atom. The summed E-state index contributed by atoms with van der Waals surface area (Å²) in [6.45, 7) is 0.967. The number of aliphatic hydroxyl groups excluding tert-OH is 6. The molecule has 2 saturated heterocycles. The van der Waals surface area contributed by atoms with Crippen molar-refractivity contribution in [1.82, 2.24) is 0 Å². The molecule has 10 atom stereocenters. The molecule has 136 valence electrons. The van der Waals surface area contributed by atoms with Gasteiger partial charge in [0.05, 0.1) is 12.7 Å². The summed E-state index contributed by atoms with van der Waals surface area (Å²) in [5.74, 6) is 0. The molecule has 2 aliphatic rings. The van der Waals surface area contributed by atoms with Crippen molar-refractivity contribution in [3.63, 3.8) is 0 Å². The van der Waals surface area contributed by atoms with Gasteiger partial charge in [-0.05, 0) is 6.92 Å². The van der Waals surface area contributed by atoms with E-state index in [-0.39, 0.29) is 0 Å². The Balaban J connectivity index is 2.08.